The van der Waals surface area contributed by atoms with Gasteiger partial charge < -0.3 is 5.32 Å². The van der Waals surface area contributed by atoms with E-state index >= 15 is 0 Å². The number of carbonyl (C=O) groups is 1. The van der Waals surface area contributed by atoms with Crippen LogP contribution in [0, 0.1) is 17.0 Å². The number of rotatable bonds is 4. The molecule has 21 heavy (non-hydrogen) atoms. The highest BCUT2D eigenvalue weighted by Gasteiger charge is 2.08. The second kappa shape index (κ2) is 6.51. The SMILES string of the molecule is Cc1ccc(Cl)cc1NC(=O)/C=C/c1ccc([N+](=O)[O-])s1. The van der Waals surface area contributed by atoms with Gasteiger partial charge in [-0.25, -0.2) is 0 Å². The van der Waals surface area contributed by atoms with Gasteiger partial charge in [0.15, 0.2) is 0 Å². The summed E-state index contributed by atoms with van der Waals surface area (Å²) in [6.45, 7) is 1.86. The van der Waals surface area contributed by atoms with Gasteiger partial charge in [0.05, 0.1) is 4.92 Å². The Hall–Kier alpha value is -2.18. The molecule has 2 aromatic rings. The Morgan fingerprint density at radius 2 is 2.14 bits per heavy atom. The van der Waals surface area contributed by atoms with Gasteiger partial charge in [-0.3, -0.25) is 14.9 Å². The summed E-state index contributed by atoms with van der Waals surface area (Å²) in [5, 5.41) is 13.9. The van der Waals surface area contributed by atoms with Crippen LogP contribution < -0.4 is 5.32 Å². The van der Waals surface area contributed by atoms with E-state index in [1.807, 2.05) is 13.0 Å². The lowest BCUT2D eigenvalue weighted by atomic mass is 10.2. The molecule has 0 saturated heterocycles. The minimum atomic E-state index is -0.461. The first-order valence-corrected chi connectivity index (χ1v) is 7.14. The van der Waals surface area contributed by atoms with Crippen molar-refractivity contribution in [2.45, 2.75) is 6.92 Å². The van der Waals surface area contributed by atoms with Crippen molar-refractivity contribution in [1.29, 1.82) is 0 Å². The molecule has 1 amide bonds. The third-order valence-electron chi connectivity index (χ3n) is 2.65. The van der Waals surface area contributed by atoms with Crippen LogP contribution in [0.4, 0.5) is 10.7 Å². The standard InChI is InChI=1S/C14H11ClN2O3S/c1-9-2-3-10(15)8-12(9)16-13(18)6-4-11-5-7-14(21-11)17(19)20/h2-8H,1H3,(H,16,18)/b6-4+. The summed E-state index contributed by atoms with van der Waals surface area (Å²) in [6.07, 6.45) is 2.86. The van der Waals surface area contributed by atoms with Crippen LogP contribution in [0.2, 0.25) is 5.02 Å². The van der Waals surface area contributed by atoms with Gasteiger partial charge >= 0.3 is 5.00 Å². The van der Waals surface area contributed by atoms with Gasteiger partial charge in [0.1, 0.15) is 0 Å². The van der Waals surface area contributed by atoms with Crippen molar-refractivity contribution in [2.75, 3.05) is 5.32 Å². The fourth-order valence-corrected chi connectivity index (χ4v) is 2.49. The molecule has 1 aromatic heterocycles. The van der Waals surface area contributed by atoms with Gasteiger partial charge in [-0.15, -0.1) is 0 Å². The molecule has 108 valence electrons. The molecule has 0 aliphatic carbocycles. The van der Waals surface area contributed by atoms with Crippen LogP contribution in [0.15, 0.2) is 36.4 Å². The number of nitrogens with one attached hydrogen (secondary N) is 1. The first kappa shape index (κ1) is 15.2. The summed E-state index contributed by atoms with van der Waals surface area (Å²) in [6, 6.07) is 8.22. The quantitative estimate of drug-likeness (QED) is 0.519. The highest BCUT2D eigenvalue weighted by Crippen LogP contribution is 2.25. The molecule has 0 bridgehead atoms. The third kappa shape index (κ3) is 4.14. The maximum absolute atomic E-state index is 11.8. The highest BCUT2D eigenvalue weighted by molar-refractivity contribution is 7.16. The molecule has 0 spiro atoms. The topological polar surface area (TPSA) is 72.2 Å². The van der Waals surface area contributed by atoms with Crippen LogP contribution in [0.3, 0.4) is 0 Å². The monoisotopic (exact) mass is 322 g/mol. The van der Waals surface area contributed by atoms with Crippen molar-refractivity contribution in [3.05, 3.63) is 62.0 Å². The van der Waals surface area contributed by atoms with Crippen LogP contribution in [0.25, 0.3) is 6.08 Å². The molecule has 0 radical (unpaired) electrons. The number of thiophene rings is 1. The molecule has 5 nitrogen and oxygen atoms in total. The number of amides is 1. The molecule has 0 aliphatic heterocycles. The maximum Gasteiger partial charge on any atom is 0.324 e. The molecule has 0 saturated carbocycles. The van der Waals surface area contributed by atoms with Gasteiger partial charge in [-0.1, -0.05) is 29.0 Å². The number of hydrogen-bond donors (Lipinski definition) is 1. The average molecular weight is 323 g/mol. The Bertz CT molecular complexity index is 725. The summed E-state index contributed by atoms with van der Waals surface area (Å²) >= 11 is 6.88. The van der Waals surface area contributed by atoms with Gasteiger partial charge in [0.2, 0.25) is 5.91 Å². The van der Waals surface area contributed by atoms with Crippen LogP contribution in [-0.4, -0.2) is 10.8 Å². The minimum Gasteiger partial charge on any atom is -0.322 e. The smallest absolute Gasteiger partial charge is 0.322 e. The Kier molecular flexibility index (Phi) is 4.72. The Morgan fingerprint density at radius 1 is 1.38 bits per heavy atom. The van der Waals surface area contributed by atoms with E-state index < -0.39 is 4.92 Å². The minimum absolute atomic E-state index is 0.0424. The van der Waals surface area contributed by atoms with E-state index in [1.54, 1.807) is 18.2 Å². The third-order valence-corrected chi connectivity index (χ3v) is 3.89. The van der Waals surface area contributed by atoms with Crippen molar-refractivity contribution in [3.63, 3.8) is 0 Å². The molecular weight excluding hydrogens is 312 g/mol. The Balaban J connectivity index is 2.05. The molecule has 1 aromatic carbocycles. The van der Waals surface area contributed by atoms with Crippen molar-refractivity contribution in [3.8, 4) is 0 Å². The summed E-state index contributed by atoms with van der Waals surface area (Å²) < 4.78 is 0. The summed E-state index contributed by atoms with van der Waals surface area (Å²) in [7, 11) is 0. The molecule has 7 heteroatoms. The number of nitro groups is 1. The van der Waals surface area contributed by atoms with Gasteiger partial charge in [-0.05, 0) is 36.8 Å². The number of anilines is 1. The van der Waals surface area contributed by atoms with Crippen molar-refractivity contribution >= 4 is 45.6 Å². The second-order valence-corrected chi connectivity index (χ2v) is 5.75. The summed E-state index contributed by atoms with van der Waals surface area (Å²) in [5.74, 6) is -0.323. The van der Waals surface area contributed by atoms with Gasteiger partial charge in [0, 0.05) is 27.7 Å². The fraction of sp³-hybridized carbons (Fsp3) is 0.0714. The lowest BCUT2D eigenvalue weighted by Crippen LogP contribution is -2.08. The lowest BCUT2D eigenvalue weighted by Gasteiger charge is -2.06. The van der Waals surface area contributed by atoms with E-state index in [2.05, 4.69) is 5.32 Å². The van der Waals surface area contributed by atoms with E-state index in [0.29, 0.717) is 15.6 Å². The van der Waals surface area contributed by atoms with Gasteiger partial charge in [0.25, 0.3) is 0 Å². The van der Waals surface area contributed by atoms with Crippen LogP contribution in [0.1, 0.15) is 10.4 Å². The number of aryl methyl sites for hydroxylation is 1. The number of carbonyl (C=O) groups excluding carboxylic acids is 1. The van der Waals surface area contributed by atoms with Crippen molar-refractivity contribution < 1.29 is 9.72 Å². The normalized spacial score (nSPS) is 10.8. The van der Waals surface area contributed by atoms with E-state index in [4.69, 9.17) is 11.6 Å². The molecular formula is C14H11ClN2O3S. The largest absolute Gasteiger partial charge is 0.324 e. The number of halogens is 1. The zero-order valence-electron chi connectivity index (χ0n) is 11.0. The second-order valence-electron chi connectivity index (χ2n) is 4.21. The van der Waals surface area contributed by atoms with Gasteiger partial charge in [-0.2, -0.15) is 0 Å². The molecule has 0 fully saturated rings. The maximum atomic E-state index is 11.8. The zero-order valence-corrected chi connectivity index (χ0v) is 12.6. The average Bonchev–Trinajstić information content (AvgIpc) is 2.90. The van der Waals surface area contributed by atoms with E-state index in [1.165, 1.54) is 18.2 Å². The van der Waals surface area contributed by atoms with Crippen LogP contribution in [0.5, 0.6) is 0 Å². The first-order valence-electron chi connectivity index (χ1n) is 5.95. The molecule has 1 N–H and O–H groups in total. The Labute approximate surface area is 130 Å². The number of benzene rings is 1. The predicted octanol–water partition coefficient (Wildman–Crippen LogP) is 4.27. The van der Waals surface area contributed by atoms with E-state index in [9.17, 15) is 14.9 Å². The number of nitrogens with zero attached hydrogens (tertiary/aromatic N) is 1. The highest BCUT2D eigenvalue weighted by atomic mass is 35.5. The summed E-state index contributed by atoms with van der Waals surface area (Å²) in [5.41, 5.74) is 1.53. The van der Waals surface area contributed by atoms with Crippen LogP contribution in [-0.2, 0) is 4.79 Å². The predicted molar refractivity (Wildman–Crippen MR) is 84.8 cm³/mol. The molecule has 0 aliphatic rings. The fourth-order valence-electron chi connectivity index (χ4n) is 1.59. The molecule has 1 heterocycles. The Morgan fingerprint density at radius 3 is 2.81 bits per heavy atom. The molecule has 2 rings (SSSR count). The first-order chi connectivity index (χ1) is 9.95. The zero-order chi connectivity index (χ0) is 15.4. The van der Waals surface area contributed by atoms with Crippen molar-refractivity contribution in [1.82, 2.24) is 0 Å². The lowest BCUT2D eigenvalue weighted by molar-refractivity contribution is -0.380. The molecule has 0 unspecified atom stereocenters. The van der Waals surface area contributed by atoms with Crippen LogP contribution >= 0.6 is 22.9 Å². The van der Waals surface area contributed by atoms with E-state index in [-0.39, 0.29) is 10.9 Å². The summed E-state index contributed by atoms with van der Waals surface area (Å²) in [4.78, 5) is 22.6. The van der Waals surface area contributed by atoms with Crippen molar-refractivity contribution in [2.24, 2.45) is 0 Å². The number of hydrogen-bond acceptors (Lipinski definition) is 4. The molecule has 0 atom stereocenters. The van der Waals surface area contributed by atoms with E-state index in [0.717, 1.165) is 16.9 Å².